The van der Waals surface area contributed by atoms with Gasteiger partial charge in [-0.2, -0.15) is 0 Å². The minimum Gasteiger partial charge on any atom is -0.422 e. The molecule has 0 aromatic heterocycles. The Hall–Kier alpha value is -0.980. The SMILES string of the molecule is CCCCCCCCCCCCCCCCCC(=O)OC(O)(C(C)=O)C(O)CO. The van der Waals surface area contributed by atoms with Crippen LogP contribution in [0.5, 0.6) is 0 Å². The largest absolute Gasteiger partial charge is 0.422 e. The summed E-state index contributed by atoms with van der Waals surface area (Å²) in [4.78, 5) is 23.2. The molecule has 0 bridgehead atoms. The zero-order valence-corrected chi connectivity index (χ0v) is 18.7. The van der Waals surface area contributed by atoms with E-state index in [2.05, 4.69) is 6.92 Å². The molecule has 0 amide bonds. The molecule has 0 aromatic rings. The molecule has 0 saturated heterocycles. The molecule has 0 fully saturated rings. The number of carbonyl (C=O) groups is 2. The van der Waals surface area contributed by atoms with Crippen molar-refractivity contribution in [1.29, 1.82) is 0 Å². The number of aliphatic hydroxyl groups is 3. The van der Waals surface area contributed by atoms with E-state index < -0.39 is 30.3 Å². The van der Waals surface area contributed by atoms with Crippen molar-refractivity contribution in [3.8, 4) is 0 Å². The van der Waals surface area contributed by atoms with E-state index in [1.807, 2.05) is 0 Å². The number of unbranched alkanes of at least 4 members (excludes halogenated alkanes) is 14. The highest BCUT2D eigenvalue weighted by Gasteiger charge is 2.44. The van der Waals surface area contributed by atoms with E-state index in [0.717, 1.165) is 26.2 Å². The number of esters is 1. The summed E-state index contributed by atoms with van der Waals surface area (Å²) in [6, 6.07) is 0. The smallest absolute Gasteiger partial charge is 0.308 e. The van der Waals surface area contributed by atoms with Gasteiger partial charge in [0.1, 0.15) is 6.10 Å². The van der Waals surface area contributed by atoms with Crippen LogP contribution in [0.2, 0.25) is 0 Å². The molecule has 172 valence electrons. The molecule has 0 aliphatic heterocycles. The van der Waals surface area contributed by atoms with E-state index in [9.17, 15) is 19.8 Å². The molecule has 2 unspecified atom stereocenters. The van der Waals surface area contributed by atoms with Crippen LogP contribution in [0.25, 0.3) is 0 Å². The number of Topliss-reactive ketones (excluding diaryl/α,β-unsaturated/α-hetero) is 1. The number of aliphatic hydroxyl groups excluding tert-OH is 2. The van der Waals surface area contributed by atoms with Crippen LogP contribution in [-0.4, -0.2) is 45.6 Å². The van der Waals surface area contributed by atoms with E-state index >= 15 is 0 Å². The summed E-state index contributed by atoms with van der Waals surface area (Å²) in [6.45, 7) is 2.37. The third-order valence-electron chi connectivity index (χ3n) is 5.38. The van der Waals surface area contributed by atoms with Crippen LogP contribution >= 0.6 is 0 Å². The second-order valence-corrected chi connectivity index (χ2v) is 8.12. The van der Waals surface area contributed by atoms with Crippen LogP contribution in [0.4, 0.5) is 0 Å². The summed E-state index contributed by atoms with van der Waals surface area (Å²) in [6.07, 6.45) is 16.6. The Balaban J connectivity index is 3.56. The van der Waals surface area contributed by atoms with Crippen LogP contribution < -0.4 is 0 Å². The number of hydrogen-bond acceptors (Lipinski definition) is 6. The highest BCUT2D eigenvalue weighted by Crippen LogP contribution is 2.17. The first kappa shape index (κ1) is 28.0. The molecule has 0 spiro atoms. The van der Waals surface area contributed by atoms with Gasteiger partial charge in [-0.25, -0.2) is 0 Å². The predicted octanol–water partition coefficient (Wildman–Crippen LogP) is 4.42. The Bertz CT molecular complexity index is 426. The standard InChI is InChI=1S/C23H44O6/c1-3-4-5-6-7-8-9-10-11-12-13-14-15-16-17-18-22(27)29-23(28,20(2)25)21(26)19-24/h21,24,26,28H,3-19H2,1-2H3. The van der Waals surface area contributed by atoms with Crippen molar-refractivity contribution in [2.45, 2.75) is 128 Å². The summed E-state index contributed by atoms with van der Waals surface area (Å²) in [5.74, 6) is -4.32. The minimum atomic E-state index is -2.67. The lowest BCUT2D eigenvalue weighted by Gasteiger charge is -2.28. The first-order valence-electron chi connectivity index (χ1n) is 11.6. The van der Waals surface area contributed by atoms with Gasteiger partial charge in [0.25, 0.3) is 5.79 Å². The van der Waals surface area contributed by atoms with Gasteiger partial charge in [-0.3, -0.25) is 9.59 Å². The lowest BCUT2D eigenvalue weighted by molar-refractivity contribution is -0.242. The number of carbonyl (C=O) groups excluding carboxylic acids is 2. The van der Waals surface area contributed by atoms with Crippen LogP contribution in [0.1, 0.15) is 117 Å². The highest BCUT2D eigenvalue weighted by atomic mass is 16.7. The molecule has 6 heteroatoms. The predicted molar refractivity (Wildman–Crippen MR) is 114 cm³/mol. The molecular weight excluding hydrogens is 372 g/mol. The van der Waals surface area contributed by atoms with Gasteiger partial charge in [0.15, 0.2) is 0 Å². The van der Waals surface area contributed by atoms with E-state index in [1.54, 1.807) is 0 Å². The molecule has 6 nitrogen and oxygen atoms in total. The summed E-state index contributed by atoms with van der Waals surface area (Å²) in [7, 11) is 0. The normalized spacial score (nSPS) is 14.4. The molecular formula is C23H44O6. The molecule has 0 heterocycles. The van der Waals surface area contributed by atoms with Crippen LogP contribution in [0.15, 0.2) is 0 Å². The number of ketones is 1. The van der Waals surface area contributed by atoms with E-state index in [4.69, 9.17) is 9.84 Å². The fourth-order valence-corrected chi connectivity index (χ4v) is 3.36. The van der Waals surface area contributed by atoms with E-state index in [1.165, 1.54) is 70.6 Å². The highest BCUT2D eigenvalue weighted by molar-refractivity contribution is 5.86. The number of ether oxygens (including phenoxy) is 1. The molecule has 0 aliphatic carbocycles. The van der Waals surface area contributed by atoms with Gasteiger partial charge in [0, 0.05) is 13.3 Å². The Labute approximate surface area is 177 Å². The number of rotatable bonds is 20. The third kappa shape index (κ3) is 13.8. The first-order valence-corrected chi connectivity index (χ1v) is 11.6. The van der Waals surface area contributed by atoms with Crippen molar-refractivity contribution in [3.05, 3.63) is 0 Å². The molecule has 2 atom stereocenters. The van der Waals surface area contributed by atoms with Crippen molar-refractivity contribution in [3.63, 3.8) is 0 Å². The van der Waals surface area contributed by atoms with Gasteiger partial charge < -0.3 is 20.1 Å². The quantitative estimate of drug-likeness (QED) is 0.154. The zero-order valence-electron chi connectivity index (χ0n) is 18.7. The molecule has 0 rings (SSSR count). The molecule has 0 aromatic carbocycles. The van der Waals surface area contributed by atoms with Crippen molar-refractivity contribution in [2.24, 2.45) is 0 Å². The van der Waals surface area contributed by atoms with Crippen molar-refractivity contribution >= 4 is 11.8 Å². The van der Waals surface area contributed by atoms with Gasteiger partial charge in [-0.05, 0) is 6.42 Å². The topological polar surface area (TPSA) is 104 Å². The third-order valence-corrected chi connectivity index (χ3v) is 5.38. The van der Waals surface area contributed by atoms with Gasteiger partial charge in [-0.1, -0.05) is 96.8 Å². The molecule has 0 saturated carbocycles. The summed E-state index contributed by atoms with van der Waals surface area (Å²) < 4.78 is 4.73. The van der Waals surface area contributed by atoms with Crippen molar-refractivity contribution in [2.75, 3.05) is 6.61 Å². The fourth-order valence-electron chi connectivity index (χ4n) is 3.36. The Kier molecular flexibility index (Phi) is 17.2. The van der Waals surface area contributed by atoms with Gasteiger partial charge in [-0.15, -0.1) is 0 Å². The average molecular weight is 417 g/mol. The van der Waals surface area contributed by atoms with E-state index in [0.29, 0.717) is 6.42 Å². The Morgan fingerprint density at radius 1 is 0.793 bits per heavy atom. The fraction of sp³-hybridized carbons (Fsp3) is 0.913. The summed E-state index contributed by atoms with van der Waals surface area (Å²) in [5.41, 5.74) is 0. The van der Waals surface area contributed by atoms with Gasteiger partial charge in [0.05, 0.1) is 6.61 Å². The minimum absolute atomic E-state index is 0.0754. The van der Waals surface area contributed by atoms with Gasteiger partial charge >= 0.3 is 5.97 Å². The lowest BCUT2D eigenvalue weighted by atomic mass is 10.0. The summed E-state index contributed by atoms with van der Waals surface area (Å²) in [5, 5.41) is 28.3. The Morgan fingerprint density at radius 2 is 1.17 bits per heavy atom. The zero-order chi connectivity index (χ0) is 22.0. The molecule has 0 radical (unpaired) electrons. The van der Waals surface area contributed by atoms with E-state index in [-0.39, 0.29) is 6.42 Å². The monoisotopic (exact) mass is 416 g/mol. The van der Waals surface area contributed by atoms with Crippen molar-refractivity contribution < 1.29 is 29.6 Å². The summed E-state index contributed by atoms with van der Waals surface area (Å²) >= 11 is 0. The van der Waals surface area contributed by atoms with Gasteiger partial charge in [0.2, 0.25) is 5.78 Å². The van der Waals surface area contributed by atoms with Crippen molar-refractivity contribution in [1.82, 2.24) is 0 Å². The average Bonchev–Trinajstić information content (AvgIpc) is 2.69. The Morgan fingerprint density at radius 3 is 1.52 bits per heavy atom. The van der Waals surface area contributed by atoms with Crippen LogP contribution in [0, 0.1) is 0 Å². The second kappa shape index (κ2) is 17.8. The molecule has 0 aliphatic rings. The van der Waals surface area contributed by atoms with Crippen LogP contribution in [0.3, 0.4) is 0 Å². The maximum absolute atomic E-state index is 11.8. The maximum Gasteiger partial charge on any atom is 0.308 e. The lowest BCUT2D eigenvalue weighted by Crippen LogP contribution is -2.53. The first-order chi connectivity index (χ1) is 13.9. The molecule has 29 heavy (non-hydrogen) atoms. The maximum atomic E-state index is 11.8. The second-order valence-electron chi connectivity index (χ2n) is 8.12. The number of hydrogen-bond donors (Lipinski definition) is 3. The van der Waals surface area contributed by atoms with Crippen LogP contribution in [-0.2, 0) is 14.3 Å². The molecule has 3 N–H and O–H groups in total.